The quantitative estimate of drug-likeness (QED) is 0.603. The van der Waals surface area contributed by atoms with Crippen LogP contribution in [0.15, 0.2) is 50.6 Å². The zero-order chi connectivity index (χ0) is 18.9. The van der Waals surface area contributed by atoms with Crippen LogP contribution in [-0.2, 0) is 14.8 Å². The van der Waals surface area contributed by atoms with Crippen molar-refractivity contribution in [3.63, 3.8) is 0 Å². The topological polar surface area (TPSA) is 93.6 Å². The van der Waals surface area contributed by atoms with Crippen LogP contribution in [0.3, 0.4) is 0 Å². The van der Waals surface area contributed by atoms with Gasteiger partial charge in [0, 0.05) is 18.2 Å². The fourth-order valence-corrected chi connectivity index (χ4v) is 4.24. The Labute approximate surface area is 161 Å². The van der Waals surface area contributed by atoms with Crippen LogP contribution >= 0.6 is 24.0 Å². The lowest BCUT2D eigenvalue weighted by Gasteiger charge is -2.11. The second-order valence-corrected chi connectivity index (χ2v) is 8.84. The van der Waals surface area contributed by atoms with E-state index < -0.39 is 10.0 Å². The van der Waals surface area contributed by atoms with Crippen molar-refractivity contribution < 1.29 is 17.6 Å². The van der Waals surface area contributed by atoms with Gasteiger partial charge in [-0.3, -0.25) is 9.69 Å². The summed E-state index contributed by atoms with van der Waals surface area (Å²) in [6.45, 7) is 2.59. The summed E-state index contributed by atoms with van der Waals surface area (Å²) in [5.41, 5.74) is 0.704. The number of rotatable bonds is 5. The molecule has 1 aromatic carbocycles. The number of carbonyl (C=O) groups excluding carboxylic acids is 1. The molecular formula is C17H16N2O4S3. The van der Waals surface area contributed by atoms with E-state index in [-0.39, 0.29) is 10.8 Å². The molecule has 6 nitrogen and oxygen atoms in total. The van der Waals surface area contributed by atoms with Crippen LogP contribution in [0.5, 0.6) is 0 Å². The van der Waals surface area contributed by atoms with Gasteiger partial charge in [-0.15, -0.1) is 0 Å². The minimum Gasteiger partial charge on any atom is -0.457 e. The lowest BCUT2D eigenvalue weighted by molar-refractivity contribution is -0.122. The molecule has 1 aromatic heterocycles. The molecule has 136 valence electrons. The number of sulfonamides is 1. The number of primary sulfonamides is 1. The molecule has 0 atom stereocenters. The highest BCUT2D eigenvalue weighted by atomic mass is 32.2. The molecule has 0 aliphatic carbocycles. The third-order valence-corrected chi connectivity index (χ3v) is 6.00. The molecule has 0 radical (unpaired) electrons. The maximum Gasteiger partial charge on any atom is 0.266 e. The van der Waals surface area contributed by atoms with Gasteiger partial charge in [-0.25, -0.2) is 13.6 Å². The summed E-state index contributed by atoms with van der Waals surface area (Å²) in [4.78, 5) is 14.5. The molecule has 2 N–H and O–H groups in total. The van der Waals surface area contributed by atoms with Gasteiger partial charge in [-0.2, -0.15) is 0 Å². The normalized spacial score (nSPS) is 16.7. The van der Waals surface area contributed by atoms with E-state index in [0.29, 0.717) is 32.9 Å². The first kappa shape index (κ1) is 18.8. The highest BCUT2D eigenvalue weighted by molar-refractivity contribution is 8.26. The smallest absolute Gasteiger partial charge is 0.266 e. The van der Waals surface area contributed by atoms with Gasteiger partial charge in [-0.1, -0.05) is 30.9 Å². The third-order valence-electron chi connectivity index (χ3n) is 3.69. The lowest BCUT2D eigenvalue weighted by Crippen LogP contribution is -2.28. The molecule has 3 rings (SSSR count). The number of hydrogen-bond acceptors (Lipinski definition) is 6. The van der Waals surface area contributed by atoms with Gasteiger partial charge in [0.2, 0.25) is 10.0 Å². The van der Waals surface area contributed by atoms with Gasteiger partial charge in [0.15, 0.2) is 0 Å². The molecule has 2 heterocycles. The summed E-state index contributed by atoms with van der Waals surface area (Å²) in [6.07, 6.45) is 2.50. The van der Waals surface area contributed by atoms with Crippen molar-refractivity contribution in [3.8, 4) is 11.3 Å². The fraction of sp³-hybridized carbons (Fsp3) is 0.176. The summed E-state index contributed by atoms with van der Waals surface area (Å²) in [5.74, 6) is 0.964. The lowest BCUT2D eigenvalue weighted by atomic mass is 10.2. The van der Waals surface area contributed by atoms with E-state index in [1.165, 1.54) is 23.9 Å². The summed E-state index contributed by atoms with van der Waals surface area (Å²) < 4.78 is 28.9. The monoisotopic (exact) mass is 408 g/mol. The molecule has 0 unspecified atom stereocenters. The Morgan fingerprint density at radius 1 is 1.23 bits per heavy atom. The Balaban J connectivity index is 1.82. The van der Waals surface area contributed by atoms with Gasteiger partial charge >= 0.3 is 0 Å². The van der Waals surface area contributed by atoms with Gasteiger partial charge < -0.3 is 4.42 Å². The van der Waals surface area contributed by atoms with Crippen LogP contribution < -0.4 is 5.14 Å². The van der Waals surface area contributed by atoms with E-state index in [2.05, 4.69) is 0 Å². The number of furan rings is 1. The zero-order valence-electron chi connectivity index (χ0n) is 13.8. The van der Waals surface area contributed by atoms with E-state index in [1.54, 1.807) is 35.2 Å². The molecule has 9 heteroatoms. The number of carbonyl (C=O) groups is 1. The fourth-order valence-electron chi connectivity index (χ4n) is 2.44. The number of nitrogens with two attached hydrogens (primary N) is 1. The Hall–Kier alpha value is -1.94. The number of amides is 1. The molecular weight excluding hydrogens is 392 g/mol. The number of nitrogens with zero attached hydrogens (tertiary/aromatic N) is 1. The molecule has 2 aromatic rings. The third kappa shape index (κ3) is 3.90. The molecule has 0 bridgehead atoms. The second-order valence-electron chi connectivity index (χ2n) is 5.60. The molecule has 1 fully saturated rings. The predicted molar refractivity (Wildman–Crippen MR) is 106 cm³/mol. The number of benzene rings is 1. The Morgan fingerprint density at radius 2 is 1.92 bits per heavy atom. The maximum absolute atomic E-state index is 12.4. The summed E-state index contributed by atoms with van der Waals surface area (Å²) in [7, 11) is -3.73. The van der Waals surface area contributed by atoms with E-state index in [0.717, 1.165) is 6.42 Å². The van der Waals surface area contributed by atoms with Crippen molar-refractivity contribution in [2.24, 2.45) is 5.14 Å². The highest BCUT2D eigenvalue weighted by Crippen LogP contribution is 2.33. The van der Waals surface area contributed by atoms with Gasteiger partial charge in [0.05, 0.1) is 9.80 Å². The van der Waals surface area contributed by atoms with Crippen molar-refractivity contribution >= 4 is 50.3 Å². The van der Waals surface area contributed by atoms with E-state index >= 15 is 0 Å². The number of hydrogen-bond donors (Lipinski definition) is 1. The molecule has 0 spiro atoms. The van der Waals surface area contributed by atoms with E-state index in [9.17, 15) is 13.2 Å². The van der Waals surface area contributed by atoms with Crippen molar-refractivity contribution in [1.82, 2.24) is 4.90 Å². The van der Waals surface area contributed by atoms with Gasteiger partial charge in [0.1, 0.15) is 15.8 Å². The van der Waals surface area contributed by atoms with Crippen molar-refractivity contribution in [3.05, 3.63) is 47.1 Å². The van der Waals surface area contributed by atoms with Crippen LogP contribution in [0.2, 0.25) is 0 Å². The van der Waals surface area contributed by atoms with Crippen LogP contribution in [0.4, 0.5) is 0 Å². The average Bonchev–Trinajstić information content (AvgIpc) is 3.15. The van der Waals surface area contributed by atoms with Crippen LogP contribution in [0, 0.1) is 0 Å². The van der Waals surface area contributed by atoms with E-state index in [1.807, 2.05) is 6.92 Å². The summed E-state index contributed by atoms with van der Waals surface area (Å²) in [5, 5.41) is 5.09. The molecule has 1 saturated heterocycles. The Bertz CT molecular complexity index is 991. The molecule has 26 heavy (non-hydrogen) atoms. The molecule has 1 aliphatic rings. The summed E-state index contributed by atoms with van der Waals surface area (Å²) >= 11 is 6.49. The Kier molecular flexibility index (Phi) is 5.33. The zero-order valence-corrected chi connectivity index (χ0v) is 16.3. The largest absolute Gasteiger partial charge is 0.457 e. The maximum atomic E-state index is 12.4. The van der Waals surface area contributed by atoms with Crippen LogP contribution in [-0.4, -0.2) is 30.1 Å². The highest BCUT2D eigenvalue weighted by Gasteiger charge is 2.31. The predicted octanol–water partition coefficient (Wildman–Crippen LogP) is 3.21. The average molecular weight is 409 g/mol. The molecule has 1 amide bonds. The molecule has 1 aliphatic heterocycles. The van der Waals surface area contributed by atoms with Crippen molar-refractivity contribution in [1.29, 1.82) is 0 Å². The van der Waals surface area contributed by atoms with Gasteiger partial charge in [0.25, 0.3) is 5.91 Å². The van der Waals surface area contributed by atoms with Crippen molar-refractivity contribution in [2.45, 2.75) is 18.2 Å². The number of thiocarbonyl (C=S) groups is 1. The van der Waals surface area contributed by atoms with Crippen LogP contribution in [0.1, 0.15) is 19.1 Å². The van der Waals surface area contributed by atoms with Crippen molar-refractivity contribution in [2.75, 3.05) is 6.54 Å². The standard InChI is InChI=1S/C17H16N2O4S3/c1-2-9-19-16(20)15(25-17(19)24)10-12-5-8-14(23-12)11-3-6-13(7-4-11)26(18,21)22/h3-8,10H,2,9H2,1H3,(H2,18,21,22)/b15-10+. The first-order valence-corrected chi connectivity index (χ1v) is 10.5. The number of thioether (sulfide) groups is 1. The summed E-state index contributed by atoms with van der Waals surface area (Å²) in [6, 6.07) is 9.57. The SMILES string of the molecule is CCCN1C(=O)/C(=C\c2ccc(-c3ccc(S(N)(=O)=O)cc3)o2)SC1=S. The Morgan fingerprint density at radius 3 is 2.54 bits per heavy atom. The second kappa shape index (κ2) is 7.36. The minimum absolute atomic E-state index is 0.0348. The first-order valence-electron chi connectivity index (χ1n) is 7.78. The minimum atomic E-state index is -3.73. The van der Waals surface area contributed by atoms with Crippen LogP contribution in [0.25, 0.3) is 17.4 Å². The molecule has 0 saturated carbocycles. The van der Waals surface area contributed by atoms with E-state index in [4.69, 9.17) is 21.8 Å². The van der Waals surface area contributed by atoms with Gasteiger partial charge in [-0.05, 0) is 42.8 Å². The first-order chi connectivity index (χ1) is 12.3.